The minimum absolute atomic E-state index is 0.126. The molecule has 0 radical (unpaired) electrons. The smallest absolute Gasteiger partial charge is 0.234 e. The molecule has 1 N–H and O–H groups in total. The van der Waals surface area contributed by atoms with Crippen molar-refractivity contribution in [3.05, 3.63) is 71.9 Å². The lowest BCUT2D eigenvalue weighted by Crippen LogP contribution is -2.14. The predicted octanol–water partition coefficient (Wildman–Crippen LogP) is 4.63. The normalized spacial score (nSPS) is 11.2. The first-order valence-electron chi connectivity index (χ1n) is 9.81. The summed E-state index contributed by atoms with van der Waals surface area (Å²) in [6.07, 6.45) is 5.05. The number of carbonyl (C=O) groups is 1. The Labute approximate surface area is 191 Å². The average Bonchev–Trinajstić information content (AvgIpc) is 3.53. The van der Waals surface area contributed by atoms with Crippen LogP contribution in [0, 0.1) is 6.92 Å². The van der Waals surface area contributed by atoms with Crippen LogP contribution in [-0.4, -0.2) is 36.4 Å². The zero-order valence-electron chi connectivity index (χ0n) is 17.1. The molecular weight excluding hydrogens is 444 g/mol. The number of hydrogen-bond acceptors (Lipinski definition) is 8. The number of carbonyl (C=O) groups excluding carboxylic acids is 1. The van der Waals surface area contributed by atoms with Gasteiger partial charge in [-0.25, -0.2) is 4.98 Å². The van der Waals surface area contributed by atoms with Crippen LogP contribution in [0.15, 0.2) is 70.7 Å². The van der Waals surface area contributed by atoms with Crippen molar-refractivity contribution in [2.45, 2.75) is 18.6 Å². The molecule has 4 heterocycles. The largest absolute Gasteiger partial charge is 0.467 e. The Bertz CT molecular complexity index is 1360. The summed E-state index contributed by atoms with van der Waals surface area (Å²) in [4.78, 5) is 21.1. The fourth-order valence-electron chi connectivity index (χ4n) is 3.26. The molecule has 160 valence electrons. The number of hydrogen-bond donors (Lipinski definition) is 1. The number of furan rings is 1. The molecule has 8 nitrogen and oxygen atoms in total. The van der Waals surface area contributed by atoms with Crippen LogP contribution in [0.4, 0.5) is 5.69 Å². The molecule has 0 spiro atoms. The fraction of sp³-hybridized carbons (Fsp3) is 0.136. The van der Waals surface area contributed by atoms with Crippen LogP contribution in [0.2, 0.25) is 0 Å². The lowest BCUT2D eigenvalue weighted by Gasteiger charge is -2.09. The predicted molar refractivity (Wildman–Crippen MR) is 125 cm³/mol. The van der Waals surface area contributed by atoms with E-state index in [1.165, 1.54) is 11.8 Å². The molecule has 0 bridgehead atoms. The molecular formula is C22H18N6O2S2. The number of aryl methyl sites for hydroxylation is 1. The zero-order chi connectivity index (χ0) is 21.9. The van der Waals surface area contributed by atoms with Crippen molar-refractivity contribution in [2.24, 2.45) is 0 Å². The number of rotatable bonds is 7. The van der Waals surface area contributed by atoms with E-state index in [1.54, 1.807) is 30.0 Å². The standard InChI is InChI=1S/C22H18N6O2S2/c1-14-24-18-11-16(4-5-19(18)32-14)25-20(29)13-31-22-27-26-21(15-6-8-23-9-7-15)28(22)12-17-3-2-10-30-17/h2-11H,12-13H2,1H3,(H,25,29). The maximum Gasteiger partial charge on any atom is 0.234 e. The molecule has 0 saturated heterocycles. The van der Waals surface area contributed by atoms with Crippen LogP contribution >= 0.6 is 23.1 Å². The van der Waals surface area contributed by atoms with Crippen molar-refractivity contribution in [2.75, 3.05) is 11.1 Å². The fourth-order valence-corrected chi connectivity index (χ4v) is 4.80. The van der Waals surface area contributed by atoms with Crippen molar-refractivity contribution < 1.29 is 9.21 Å². The minimum Gasteiger partial charge on any atom is -0.467 e. The first-order valence-corrected chi connectivity index (χ1v) is 11.6. The molecule has 0 atom stereocenters. The highest BCUT2D eigenvalue weighted by Gasteiger charge is 2.17. The molecule has 0 saturated carbocycles. The number of anilines is 1. The second kappa shape index (κ2) is 8.93. The van der Waals surface area contributed by atoms with Gasteiger partial charge in [-0.1, -0.05) is 11.8 Å². The molecule has 5 aromatic rings. The van der Waals surface area contributed by atoms with E-state index >= 15 is 0 Å². The number of aromatic nitrogens is 5. The number of thioether (sulfide) groups is 1. The van der Waals surface area contributed by atoms with Gasteiger partial charge in [0.2, 0.25) is 5.91 Å². The van der Waals surface area contributed by atoms with Crippen molar-refractivity contribution in [3.8, 4) is 11.4 Å². The first kappa shape index (κ1) is 20.4. The lowest BCUT2D eigenvalue weighted by atomic mass is 10.2. The molecule has 0 aliphatic carbocycles. The lowest BCUT2D eigenvalue weighted by molar-refractivity contribution is -0.113. The van der Waals surface area contributed by atoms with Crippen LogP contribution in [0.5, 0.6) is 0 Å². The molecule has 0 aliphatic heterocycles. The second-order valence-corrected chi connectivity index (χ2v) is 9.14. The summed E-state index contributed by atoms with van der Waals surface area (Å²) >= 11 is 2.96. The van der Waals surface area contributed by atoms with Crippen LogP contribution < -0.4 is 5.32 Å². The SMILES string of the molecule is Cc1nc2cc(NC(=O)CSc3nnc(-c4ccncc4)n3Cc3ccco3)ccc2s1. The van der Waals surface area contributed by atoms with E-state index in [1.807, 2.05) is 54.0 Å². The van der Waals surface area contributed by atoms with Crippen molar-refractivity contribution >= 4 is 44.9 Å². The number of amides is 1. The van der Waals surface area contributed by atoms with Gasteiger partial charge in [-0.2, -0.15) is 0 Å². The number of benzene rings is 1. The van der Waals surface area contributed by atoms with Gasteiger partial charge in [0.05, 0.1) is 33.8 Å². The summed E-state index contributed by atoms with van der Waals surface area (Å²) in [5, 5.41) is 13.2. The van der Waals surface area contributed by atoms with E-state index in [4.69, 9.17) is 4.42 Å². The number of pyridine rings is 1. The van der Waals surface area contributed by atoms with E-state index < -0.39 is 0 Å². The molecule has 1 amide bonds. The van der Waals surface area contributed by atoms with Crippen molar-refractivity contribution in [1.82, 2.24) is 24.7 Å². The highest BCUT2D eigenvalue weighted by atomic mass is 32.2. The van der Waals surface area contributed by atoms with Gasteiger partial charge in [0.15, 0.2) is 11.0 Å². The summed E-state index contributed by atoms with van der Waals surface area (Å²) in [6, 6.07) is 13.2. The molecule has 32 heavy (non-hydrogen) atoms. The van der Waals surface area contributed by atoms with Gasteiger partial charge < -0.3 is 9.73 Å². The molecule has 10 heteroatoms. The molecule has 0 aliphatic rings. The maximum absolute atomic E-state index is 12.6. The van der Waals surface area contributed by atoms with Crippen LogP contribution in [0.25, 0.3) is 21.6 Å². The Hall–Kier alpha value is -3.50. The van der Waals surface area contributed by atoms with E-state index in [0.717, 1.165) is 32.2 Å². The van der Waals surface area contributed by atoms with Gasteiger partial charge in [-0.05, 0) is 49.4 Å². The van der Waals surface area contributed by atoms with Crippen molar-refractivity contribution in [3.63, 3.8) is 0 Å². The second-order valence-electron chi connectivity index (χ2n) is 6.96. The van der Waals surface area contributed by atoms with Gasteiger partial charge in [0, 0.05) is 23.6 Å². The Balaban J connectivity index is 1.32. The quantitative estimate of drug-likeness (QED) is 0.352. The summed E-state index contributed by atoms with van der Waals surface area (Å²) in [5.74, 6) is 1.54. The highest BCUT2D eigenvalue weighted by molar-refractivity contribution is 7.99. The summed E-state index contributed by atoms with van der Waals surface area (Å²) in [7, 11) is 0. The third kappa shape index (κ3) is 4.41. The van der Waals surface area contributed by atoms with E-state index in [0.29, 0.717) is 17.5 Å². The van der Waals surface area contributed by atoms with Crippen LogP contribution in [0.3, 0.4) is 0 Å². The first-order chi connectivity index (χ1) is 15.7. The number of nitrogens with one attached hydrogen (secondary N) is 1. The van der Waals surface area contributed by atoms with Crippen LogP contribution in [0.1, 0.15) is 10.8 Å². The maximum atomic E-state index is 12.6. The molecule has 1 aromatic carbocycles. The Morgan fingerprint density at radius 1 is 1.19 bits per heavy atom. The summed E-state index contributed by atoms with van der Waals surface area (Å²) in [5.41, 5.74) is 2.50. The topological polar surface area (TPSA) is 98.7 Å². The molecule has 4 aromatic heterocycles. The van der Waals surface area contributed by atoms with E-state index in [-0.39, 0.29) is 11.7 Å². The van der Waals surface area contributed by atoms with Gasteiger partial charge in [0.25, 0.3) is 0 Å². The Morgan fingerprint density at radius 3 is 2.88 bits per heavy atom. The molecule has 0 unspecified atom stereocenters. The van der Waals surface area contributed by atoms with E-state index in [9.17, 15) is 4.79 Å². The zero-order valence-corrected chi connectivity index (χ0v) is 18.7. The number of nitrogens with zero attached hydrogens (tertiary/aromatic N) is 5. The third-order valence-electron chi connectivity index (χ3n) is 4.66. The summed E-state index contributed by atoms with van der Waals surface area (Å²) < 4.78 is 8.55. The van der Waals surface area contributed by atoms with Gasteiger partial charge >= 0.3 is 0 Å². The van der Waals surface area contributed by atoms with E-state index in [2.05, 4.69) is 25.5 Å². The Kier molecular flexibility index (Phi) is 5.70. The minimum atomic E-state index is -0.126. The Morgan fingerprint density at radius 2 is 2.06 bits per heavy atom. The highest BCUT2D eigenvalue weighted by Crippen LogP contribution is 2.27. The molecule has 5 rings (SSSR count). The van der Waals surface area contributed by atoms with Crippen molar-refractivity contribution in [1.29, 1.82) is 0 Å². The van der Waals surface area contributed by atoms with Gasteiger partial charge in [0.1, 0.15) is 5.76 Å². The number of fused-ring (bicyclic) bond motifs is 1. The van der Waals surface area contributed by atoms with Gasteiger partial charge in [-0.15, -0.1) is 21.5 Å². The van der Waals surface area contributed by atoms with Gasteiger partial charge in [-0.3, -0.25) is 14.3 Å². The van der Waals surface area contributed by atoms with Crippen LogP contribution in [-0.2, 0) is 11.3 Å². The molecule has 0 fully saturated rings. The third-order valence-corrected chi connectivity index (χ3v) is 6.58. The monoisotopic (exact) mass is 462 g/mol. The summed E-state index contributed by atoms with van der Waals surface area (Å²) in [6.45, 7) is 2.43. The average molecular weight is 463 g/mol. The number of thiazole rings is 1.